The van der Waals surface area contributed by atoms with Crippen molar-refractivity contribution < 1.29 is 5.11 Å². The van der Waals surface area contributed by atoms with Crippen LogP contribution < -0.4 is 0 Å². The highest BCUT2D eigenvalue weighted by Crippen LogP contribution is 2.63. The Morgan fingerprint density at radius 2 is 1.18 bits per heavy atom. The molecule has 0 saturated heterocycles. The van der Waals surface area contributed by atoms with Gasteiger partial charge in [0.1, 0.15) is 0 Å². The van der Waals surface area contributed by atoms with Gasteiger partial charge in [-0.3, -0.25) is 4.68 Å². The number of rotatable bonds is 4. The van der Waals surface area contributed by atoms with E-state index in [4.69, 9.17) is 5.10 Å². The van der Waals surface area contributed by atoms with E-state index >= 15 is 0 Å². The molecule has 8 saturated carbocycles. The Labute approximate surface area is 169 Å². The molecule has 28 heavy (non-hydrogen) atoms. The van der Waals surface area contributed by atoms with E-state index in [-0.39, 0.29) is 6.61 Å². The van der Waals surface area contributed by atoms with Crippen LogP contribution in [0.25, 0.3) is 0 Å². The lowest BCUT2D eigenvalue weighted by Gasteiger charge is -2.57. The van der Waals surface area contributed by atoms with Crippen molar-refractivity contribution in [3.63, 3.8) is 0 Å². The van der Waals surface area contributed by atoms with Gasteiger partial charge in [0.2, 0.25) is 0 Å². The molecule has 8 fully saturated rings. The first-order valence-electron chi connectivity index (χ1n) is 12.3. The summed E-state index contributed by atoms with van der Waals surface area (Å²) in [6, 6.07) is 2.59. The molecule has 1 heterocycles. The molecule has 0 unspecified atom stereocenters. The molecular formula is C25H36N2O. The van der Waals surface area contributed by atoms with Crippen LogP contribution in [0, 0.1) is 35.5 Å². The van der Waals surface area contributed by atoms with Crippen molar-refractivity contribution >= 4 is 0 Å². The molecule has 8 aliphatic rings. The second-order valence-electron chi connectivity index (χ2n) is 12.3. The fraction of sp³-hybridized carbons (Fsp3) is 0.880. The summed E-state index contributed by atoms with van der Waals surface area (Å²) < 4.78 is 2.29. The third-order valence-corrected chi connectivity index (χ3v) is 10.3. The normalized spacial score (nSPS) is 50.6. The van der Waals surface area contributed by atoms with Crippen LogP contribution in [0.3, 0.4) is 0 Å². The van der Waals surface area contributed by atoms with Gasteiger partial charge in [-0.2, -0.15) is 5.10 Å². The first-order valence-corrected chi connectivity index (χ1v) is 12.3. The second-order valence-corrected chi connectivity index (χ2v) is 12.3. The Bertz CT molecular complexity index is 722. The fourth-order valence-electron chi connectivity index (χ4n) is 10.2. The third-order valence-electron chi connectivity index (χ3n) is 10.3. The Morgan fingerprint density at radius 1 is 0.750 bits per heavy atom. The average Bonchev–Trinajstić information content (AvgIpc) is 3.05. The van der Waals surface area contributed by atoms with Crippen LogP contribution in [0.2, 0.25) is 0 Å². The van der Waals surface area contributed by atoms with Gasteiger partial charge in [-0.25, -0.2) is 0 Å². The Balaban J connectivity index is 1.31. The van der Waals surface area contributed by atoms with Crippen molar-refractivity contribution in [3.8, 4) is 0 Å². The summed E-state index contributed by atoms with van der Waals surface area (Å²) in [5, 5.41) is 15.1. The number of aliphatic hydroxyl groups is 1. The summed E-state index contributed by atoms with van der Waals surface area (Å²) in [6.07, 6.45) is 17.4. The molecule has 1 aromatic rings. The largest absolute Gasteiger partial charge is 0.394 e. The number of aliphatic hydroxyl groups excluding tert-OH is 1. The maximum Gasteiger partial charge on any atom is 0.0689 e. The molecule has 0 aliphatic heterocycles. The number of nitrogens with zero attached hydrogens (tertiary/aromatic N) is 2. The van der Waals surface area contributed by atoms with E-state index in [9.17, 15) is 5.11 Å². The molecule has 0 aromatic carbocycles. The minimum Gasteiger partial charge on any atom is -0.394 e. The Kier molecular flexibility index (Phi) is 3.41. The summed E-state index contributed by atoms with van der Waals surface area (Å²) >= 11 is 0. The number of hydrogen-bond acceptors (Lipinski definition) is 2. The van der Waals surface area contributed by atoms with Crippen molar-refractivity contribution in [3.05, 3.63) is 17.5 Å². The fourth-order valence-corrected chi connectivity index (χ4v) is 10.2. The van der Waals surface area contributed by atoms with Gasteiger partial charge in [0.25, 0.3) is 0 Å². The van der Waals surface area contributed by atoms with Crippen molar-refractivity contribution in [1.82, 2.24) is 9.78 Å². The van der Waals surface area contributed by atoms with Gasteiger partial charge in [0.15, 0.2) is 0 Å². The molecule has 1 aromatic heterocycles. The molecule has 9 rings (SSSR count). The van der Waals surface area contributed by atoms with Gasteiger partial charge >= 0.3 is 0 Å². The average molecular weight is 381 g/mol. The van der Waals surface area contributed by atoms with E-state index in [2.05, 4.69) is 10.7 Å². The standard InChI is InChI=1S/C25H36N2O/c28-2-1-27-23(25-13-19-6-20(14-25)8-21(7-19)15-25)9-22(26-27)24-10-16-3-17(11-24)5-18(4-16)12-24/h9,16-21,28H,1-8,10-15H2. The zero-order valence-electron chi connectivity index (χ0n) is 17.3. The summed E-state index contributed by atoms with van der Waals surface area (Å²) in [7, 11) is 0. The minimum absolute atomic E-state index is 0.224. The smallest absolute Gasteiger partial charge is 0.0689 e. The molecule has 152 valence electrons. The molecule has 3 nitrogen and oxygen atoms in total. The van der Waals surface area contributed by atoms with Crippen molar-refractivity contribution in [2.75, 3.05) is 6.61 Å². The van der Waals surface area contributed by atoms with Gasteiger partial charge in [0.05, 0.1) is 18.8 Å². The lowest BCUT2D eigenvalue weighted by Crippen LogP contribution is -2.49. The Morgan fingerprint density at radius 3 is 1.61 bits per heavy atom. The van der Waals surface area contributed by atoms with E-state index in [1.165, 1.54) is 88.4 Å². The molecule has 3 heteroatoms. The summed E-state index contributed by atoms with van der Waals surface area (Å²) in [5.41, 5.74) is 3.74. The van der Waals surface area contributed by atoms with Gasteiger partial charge in [-0.1, -0.05) is 0 Å². The minimum atomic E-state index is 0.224. The summed E-state index contributed by atoms with van der Waals surface area (Å²) in [5.74, 6) is 5.80. The van der Waals surface area contributed by atoms with Gasteiger partial charge < -0.3 is 5.11 Å². The topological polar surface area (TPSA) is 38.0 Å². The maximum absolute atomic E-state index is 9.81. The zero-order valence-corrected chi connectivity index (χ0v) is 17.3. The molecule has 0 atom stereocenters. The van der Waals surface area contributed by atoms with Crippen molar-refractivity contribution in [2.45, 2.75) is 94.4 Å². The van der Waals surface area contributed by atoms with E-state index in [0.29, 0.717) is 17.4 Å². The van der Waals surface area contributed by atoms with Crippen molar-refractivity contribution in [1.29, 1.82) is 0 Å². The third kappa shape index (κ3) is 2.29. The highest BCUT2D eigenvalue weighted by atomic mass is 16.3. The van der Waals surface area contributed by atoms with Gasteiger partial charge in [-0.15, -0.1) is 0 Å². The molecule has 8 aliphatic carbocycles. The summed E-state index contributed by atoms with van der Waals surface area (Å²) in [6.45, 7) is 0.921. The molecule has 0 spiro atoms. The highest BCUT2D eigenvalue weighted by Gasteiger charge is 2.55. The van der Waals surface area contributed by atoms with E-state index in [1.54, 1.807) is 0 Å². The quantitative estimate of drug-likeness (QED) is 0.814. The maximum atomic E-state index is 9.81. The lowest BCUT2D eigenvalue weighted by atomic mass is 9.48. The van der Waals surface area contributed by atoms with E-state index in [0.717, 1.165) is 35.5 Å². The van der Waals surface area contributed by atoms with Crippen LogP contribution in [-0.4, -0.2) is 21.5 Å². The van der Waals surface area contributed by atoms with Crippen LogP contribution in [0.5, 0.6) is 0 Å². The number of hydrogen-bond donors (Lipinski definition) is 1. The van der Waals surface area contributed by atoms with E-state index < -0.39 is 0 Å². The van der Waals surface area contributed by atoms with E-state index in [1.807, 2.05) is 0 Å². The first kappa shape index (κ1) is 16.9. The SMILES string of the molecule is OCCn1nc(C23CC4CC(CC(C4)C2)C3)cc1C12CC3CC(CC(C3)C1)C2. The molecular weight excluding hydrogens is 344 g/mol. The second kappa shape index (κ2) is 5.65. The summed E-state index contributed by atoms with van der Waals surface area (Å²) in [4.78, 5) is 0. The predicted octanol–water partition coefficient (Wildman–Crippen LogP) is 4.81. The first-order chi connectivity index (χ1) is 13.6. The van der Waals surface area contributed by atoms with Crippen LogP contribution in [0.4, 0.5) is 0 Å². The monoisotopic (exact) mass is 380 g/mol. The molecule has 0 amide bonds. The van der Waals surface area contributed by atoms with Crippen LogP contribution in [0.15, 0.2) is 6.07 Å². The Hall–Kier alpha value is -0.830. The van der Waals surface area contributed by atoms with Gasteiger partial charge in [-0.05, 0) is 119 Å². The van der Waals surface area contributed by atoms with Gasteiger partial charge in [0, 0.05) is 16.5 Å². The molecule has 0 radical (unpaired) electrons. The van der Waals surface area contributed by atoms with Crippen LogP contribution >= 0.6 is 0 Å². The molecule has 8 bridgehead atoms. The van der Waals surface area contributed by atoms with Crippen LogP contribution in [-0.2, 0) is 17.4 Å². The van der Waals surface area contributed by atoms with Crippen molar-refractivity contribution in [2.24, 2.45) is 35.5 Å². The van der Waals surface area contributed by atoms with Crippen LogP contribution in [0.1, 0.15) is 88.4 Å². The molecule has 1 N–H and O–H groups in total. The predicted molar refractivity (Wildman–Crippen MR) is 109 cm³/mol. The zero-order chi connectivity index (χ0) is 18.5. The number of aromatic nitrogens is 2. The highest BCUT2D eigenvalue weighted by molar-refractivity contribution is 5.31. The lowest BCUT2D eigenvalue weighted by molar-refractivity contribution is -0.00963.